The average molecular weight is 287 g/mol. The molecule has 1 unspecified atom stereocenters. The Balaban J connectivity index is 1.97. The van der Waals surface area contributed by atoms with Crippen molar-refractivity contribution >= 4 is 28.8 Å². The number of carbonyl (C=O) groups is 1. The number of amides is 1. The van der Waals surface area contributed by atoms with Crippen LogP contribution < -0.4 is 0 Å². The summed E-state index contributed by atoms with van der Waals surface area (Å²) in [6.07, 6.45) is 5.00. The lowest BCUT2D eigenvalue weighted by molar-refractivity contribution is -0.134. The molecule has 0 spiro atoms. The lowest BCUT2D eigenvalue weighted by Gasteiger charge is -2.35. The maximum absolute atomic E-state index is 12.3. The van der Waals surface area contributed by atoms with E-state index in [4.69, 9.17) is 11.6 Å². The number of hydrogen-bond acceptors (Lipinski definition) is 3. The Hall–Kier alpha value is -0.610. The monoisotopic (exact) mass is 286 g/mol. The highest BCUT2D eigenvalue weighted by Gasteiger charge is 2.25. The summed E-state index contributed by atoms with van der Waals surface area (Å²) in [7, 11) is 0. The van der Waals surface area contributed by atoms with Gasteiger partial charge in [-0.2, -0.15) is 0 Å². The van der Waals surface area contributed by atoms with Crippen LogP contribution in [0, 0.1) is 0 Å². The van der Waals surface area contributed by atoms with Crippen LogP contribution in [-0.2, 0) is 17.1 Å². The number of likely N-dealkylation sites (tertiary alicyclic amines) is 1. The van der Waals surface area contributed by atoms with Gasteiger partial charge in [-0.1, -0.05) is 6.92 Å². The average Bonchev–Trinajstić information content (AvgIpc) is 2.86. The van der Waals surface area contributed by atoms with Crippen LogP contribution in [0.15, 0.2) is 5.38 Å². The fraction of sp³-hybridized carbons (Fsp3) is 0.692. The van der Waals surface area contributed by atoms with Crippen LogP contribution in [0.2, 0.25) is 0 Å². The van der Waals surface area contributed by atoms with Crippen LogP contribution in [0.25, 0.3) is 0 Å². The highest BCUT2D eigenvalue weighted by molar-refractivity contribution is 7.09. The van der Waals surface area contributed by atoms with Gasteiger partial charge in [0.25, 0.3) is 0 Å². The zero-order chi connectivity index (χ0) is 13.0. The van der Waals surface area contributed by atoms with Crippen LogP contribution in [-0.4, -0.2) is 28.4 Å². The number of aromatic nitrogens is 1. The van der Waals surface area contributed by atoms with Crippen LogP contribution in [0.5, 0.6) is 0 Å². The predicted molar refractivity (Wildman–Crippen MR) is 75.0 cm³/mol. The Bertz CT molecular complexity index is 407. The molecule has 0 N–H and O–H groups in total. The van der Waals surface area contributed by atoms with Crippen molar-refractivity contribution < 1.29 is 4.79 Å². The number of hydrogen-bond donors (Lipinski definition) is 0. The lowest BCUT2D eigenvalue weighted by Crippen LogP contribution is -2.44. The van der Waals surface area contributed by atoms with Gasteiger partial charge in [-0.05, 0) is 25.7 Å². The summed E-state index contributed by atoms with van der Waals surface area (Å²) in [6, 6.07) is 0.429. The molecular weight excluding hydrogens is 268 g/mol. The Morgan fingerprint density at radius 1 is 1.61 bits per heavy atom. The second-order valence-corrected chi connectivity index (χ2v) is 5.90. The summed E-state index contributed by atoms with van der Waals surface area (Å²) in [6.45, 7) is 3.07. The molecule has 2 rings (SSSR count). The molecule has 1 aromatic heterocycles. The minimum absolute atomic E-state index is 0.219. The number of rotatable bonds is 4. The van der Waals surface area contributed by atoms with Gasteiger partial charge >= 0.3 is 0 Å². The van der Waals surface area contributed by atoms with E-state index in [1.54, 1.807) is 0 Å². The third-order valence-corrected chi connectivity index (χ3v) is 4.63. The van der Waals surface area contributed by atoms with E-state index in [0.717, 1.165) is 36.5 Å². The highest BCUT2D eigenvalue weighted by Crippen LogP contribution is 2.21. The van der Waals surface area contributed by atoms with Gasteiger partial charge in [-0.3, -0.25) is 4.79 Å². The molecule has 1 aliphatic rings. The molecule has 2 heterocycles. The van der Waals surface area contributed by atoms with Crippen molar-refractivity contribution in [1.29, 1.82) is 0 Å². The molecule has 0 aliphatic carbocycles. The van der Waals surface area contributed by atoms with Gasteiger partial charge in [-0.15, -0.1) is 22.9 Å². The first-order valence-electron chi connectivity index (χ1n) is 6.53. The molecule has 0 radical (unpaired) electrons. The second-order valence-electron chi connectivity index (χ2n) is 4.69. The smallest absolute Gasteiger partial charge is 0.229 e. The minimum atomic E-state index is 0.219. The number of alkyl halides is 1. The maximum Gasteiger partial charge on any atom is 0.229 e. The van der Waals surface area contributed by atoms with Crippen molar-refractivity contribution in [2.24, 2.45) is 0 Å². The minimum Gasteiger partial charge on any atom is -0.339 e. The third-order valence-electron chi connectivity index (χ3n) is 3.46. The van der Waals surface area contributed by atoms with E-state index in [2.05, 4.69) is 11.9 Å². The summed E-state index contributed by atoms with van der Waals surface area (Å²) >= 11 is 7.25. The number of nitrogens with zero attached hydrogens (tertiary/aromatic N) is 2. The van der Waals surface area contributed by atoms with Crippen molar-refractivity contribution in [1.82, 2.24) is 9.88 Å². The van der Waals surface area contributed by atoms with E-state index < -0.39 is 0 Å². The molecule has 1 saturated heterocycles. The number of halogens is 1. The predicted octanol–water partition coefficient (Wildman–Crippen LogP) is 3.22. The van der Waals surface area contributed by atoms with Crippen molar-refractivity contribution in [2.45, 2.75) is 50.9 Å². The Morgan fingerprint density at radius 2 is 2.44 bits per heavy atom. The van der Waals surface area contributed by atoms with Gasteiger partial charge in [0.1, 0.15) is 5.01 Å². The third kappa shape index (κ3) is 3.23. The van der Waals surface area contributed by atoms with E-state index in [1.165, 1.54) is 17.8 Å². The Morgan fingerprint density at radius 3 is 3.11 bits per heavy atom. The fourth-order valence-electron chi connectivity index (χ4n) is 2.48. The Kier molecular flexibility index (Phi) is 5.01. The summed E-state index contributed by atoms with van der Waals surface area (Å²) < 4.78 is 0. The normalized spacial score (nSPS) is 20.1. The summed E-state index contributed by atoms with van der Waals surface area (Å²) in [5.41, 5.74) is 0.871. The van der Waals surface area contributed by atoms with Gasteiger partial charge in [0.2, 0.25) is 5.91 Å². The van der Waals surface area contributed by atoms with E-state index in [0.29, 0.717) is 18.3 Å². The quantitative estimate of drug-likeness (QED) is 0.796. The number of carbonyl (C=O) groups excluding carboxylic acids is 1. The molecular formula is C13H19ClN2OS. The molecule has 0 bridgehead atoms. The van der Waals surface area contributed by atoms with Crippen LogP contribution >= 0.6 is 22.9 Å². The molecule has 0 aromatic carbocycles. The van der Waals surface area contributed by atoms with E-state index in [-0.39, 0.29) is 5.91 Å². The molecule has 1 atom stereocenters. The first kappa shape index (κ1) is 13.8. The molecule has 1 fully saturated rings. The van der Waals surface area contributed by atoms with Gasteiger partial charge < -0.3 is 4.90 Å². The number of thiazole rings is 1. The standard InChI is InChI=1S/C13H19ClN2OS/c1-2-11-5-3-4-6-16(11)13(17)7-12-15-10(8-14)9-18-12/h9,11H,2-8H2,1H3. The molecule has 1 aromatic rings. The van der Waals surface area contributed by atoms with E-state index >= 15 is 0 Å². The SMILES string of the molecule is CCC1CCCCN1C(=O)Cc1nc(CCl)cs1. The van der Waals surface area contributed by atoms with Crippen molar-refractivity contribution in [3.05, 3.63) is 16.1 Å². The van der Waals surface area contributed by atoms with Gasteiger partial charge in [-0.25, -0.2) is 4.98 Å². The second kappa shape index (κ2) is 6.53. The fourth-order valence-corrected chi connectivity index (χ4v) is 3.49. The van der Waals surface area contributed by atoms with Crippen LogP contribution in [0.3, 0.4) is 0 Å². The van der Waals surface area contributed by atoms with E-state index in [9.17, 15) is 4.79 Å². The number of piperidine rings is 1. The van der Waals surface area contributed by atoms with Crippen molar-refractivity contribution in [3.8, 4) is 0 Å². The largest absolute Gasteiger partial charge is 0.339 e. The molecule has 0 saturated carbocycles. The molecule has 18 heavy (non-hydrogen) atoms. The lowest BCUT2D eigenvalue weighted by atomic mass is 10.00. The Labute approximate surface area is 117 Å². The first-order valence-corrected chi connectivity index (χ1v) is 7.94. The first-order chi connectivity index (χ1) is 8.74. The van der Waals surface area contributed by atoms with Crippen LogP contribution in [0.4, 0.5) is 0 Å². The highest BCUT2D eigenvalue weighted by atomic mass is 35.5. The summed E-state index contributed by atoms with van der Waals surface area (Å²) in [4.78, 5) is 18.7. The summed E-state index contributed by atoms with van der Waals surface area (Å²) in [5.74, 6) is 0.642. The zero-order valence-electron chi connectivity index (χ0n) is 10.7. The summed E-state index contributed by atoms with van der Waals surface area (Å²) in [5, 5.41) is 2.82. The molecule has 3 nitrogen and oxygen atoms in total. The molecule has 1 aliphatic heterocycles. The van der Waals surface area contributed by atoms with Gasteiger partial charge in [0.15, 0.2) is 0 Å². The molecule has 1 amide bonds. The molecule has 5 heteroatoms. The topological polar surface area (TPSA) is 33.2 Å². The van der Waals surface area contributed by atoms with E-state index in [1.807, 2.05) is 10.3 Å². The van der Waals surface area contributed by atoms with Gasteiger partial charge in [0, 0.05) is 18.0 Å². The molecule has 100 valence electrons. The van der Waals surface area contributed by atoms with Crippen LogP contribution in [0.1, 0.15) is 43.3 Å². The van der Waals surface area contributed by atoms with Crippen molar-refractivity contribution in [2.75, 3.05) is 6.54 Å². The zero-order valence-corrected chi connectivity index (χ0v) is 12.3. The maximum atomic E-state index is 12.3. The van der Waals surface area contributed by atoms with Crippen molar-refractivity contribution in [3.63, 3.8) is 0 Å². The van der Waals surface area contributed by atoms with Gasteiger partial charge in [0.05, 0.1) is 18.0 Å².